The second kappa shape index (κ2) is 7.34. The van der Waals surface area contributed by atoms with Gasteiger partial charge in [-0.25, -0.2) is 0 Å². The van der Waals surface area contributed by atoms with Crippen LogP contribution in [0.3, 0.4) is 0 Å². The molecule has 3 heteroatoms. The van der Waals surface area contributed by atoms with Crippen LogP contribution in [0.2, 0.25) is 0 Å². The maximum Gasteiger partial charge on any atom is 0.0597 e. The van der Waals surface area contributed by atoms with E-state index in [2.05, 4.69) is 33.0 Å². The van der Waals surface area contributed by atoms with Gasteiger partial charge in [0.2, 0.25) is 0 Å². The third kappa shape index (κ3) is 12.1. The molecule has 17 heavy (non-hydrogen) atoms. The average Bonchev–Trinajstić information content (AvgIpc) is 2.06. The molecule has 0 spiro atoms. The molecule has 0 aliphatic heterocycles. The van der Waals surface area contributed by atoms with E-state index in [9.17, 15) is 5.11 Å². The van der Waals surface area contributed by atoms with Crippen molar-refractivity contribution in [2.75, 3.05) is 26.3 Å². The molecule has 0 amide bonds. The molecule has 0 aromatic heterocycles. The van der Waals surface area contributed by atoms with Gasteiger partial charge in [-0.15, -0.1) is 0 Å². The van der Waals surface area contributed by atoms with Crippen molar-refractivity contribution < 1.29 is 9.84 Å². The van der Waals surface area contributed by atoms with E-state index in [1.807, 2.05) is 13.8 Å². The molecule has 0 heterocycles. The largest absolute Gasteiger partial charge is 0.390 e. The van der Waals surface area contributed by atoms with Crippen molar-refractivity contribution >= 4 is 0 Å². The van der Waals surface area contributed by atoms with Crippen molar-refractivity contribution in [3.63, 3.8) is 0 Å². The lowest BCUT2D eigenvalue weighted by Gasteiger charge is -2.31. The highest BCUT2D eigenvalue weighted by molar-refractivity contribution is 4.78. The summed E-state index contributed by atoms with van der Waals surface area (Å²) < 4.78 is 5.65. The molecule has 104 valence electrons. The summed E-state index contributed by atoms with van der Waals surface area (Å²) in [5.74, 6) is 0.682. The molecule has 2 N–H and O–H groups in total. The van der Waals surface area contributed by atoms with Crippen LogP contribution in [-0.2, 0) is 4.74 Å². The Bertz CT molecular complexity index is 195. The first-order valence-electron chi connectivity index (χ1n) is 6.63. The average molecular weight is 245 g/mol. The topological polar surface area (TPSA) is 41.5 Å². The quantitative estimate of drug-likeness (QED) is 0.613. The lowest BCUT2D eigenvalue weighted by molar-refractivity contribution is -0.00942. The Morgan fingerprint density at radius 2 is 1.76 bits per heavy atom. The number of ether oxygens (including phenoxy) is 1. The first-order valence-corrected chi connectivity index (χ1v) is 6.63. The number of nitrogens with one attached hydrogen (secondary N) is 1. The van der Waals surface area contributed by atoms with Crippen LogP contribution in [0.1, 0.15) is 48.0 Å². The van der Waals surface area contributed by atoms with Crippen molar-refractivity contribution in [2.45, 2.75) is 53.6 Å². The fourth-order valence-corrected chi connectivity index (χ4v) is 2.11. The van der Waals surface area contributed by atoms with Crippen LogP contribution in [0.4, 0.5) is 0 Å². The number of aliphatic hydroxyl groups is 1. The molecule has 0 saturated carbocycles. The van der Waals surface area contributed by atoms with Crippen LogP contribution in [0.15, 0.2) is 0 Å². The van der Waals surface area contributed by atoms with E-state index >= 15 is 0 Å². The molecular weight excluding hydrogens is 214 g/mol. The summed E-state index contributed by atoms with van der Waals surface area (Å²) in [5, 5.41) is 13.1. The van der Waals surface area contributed by atoms with Gasteiger partial charge in [0.05, 0.1) is 18.8 Å². The van der Waals surface area contributed by atoms with Gasteiger partial charge in [0.1, 0.15) is 0 Å². The minimum atomic E-state index is -0.622. The Hall–Kier alpha value is -0.120. The lowest BCUT2D eigenvalue weighted by Crippen LogP contribution is -2.32. The fourth-order valence-electron chi connectivity index (χ4n) is 2.11. The molecule has 0 fully saturated rings. The third-order valence-corrected chi connectivity index (χ3v) is 2.38. The summed E-state index contributed by atoms with van der Waals surface area (Å²) in [5.41, 5.74) is -0.598. The highest BCUT2D eigenvalue weighted by Gasteiger charge is 2.26. The highest BCUT2D eigenvalue weighted by Crippen LogP contribution is 2.27. The second-order valence-corrected chi connectivity index (χ2v) is 6.80. The molecule has 0 aromatic rings. The molecule has 0 saturated heterocycles. The van der Waals surface area contributed by atoms with E-state index in [1.54, 1.807) is 0 Å². The van der Waals surface area contributed by atoms with E-state index in [-0.39, 0.29) is 5.41 Å². The Morgan fingerprint density at radius 3 is 2.24 bits per heavy atom. The first-order chi connectivity index (χ1) is 7.62. The van der Waals surface area contributed by atoms with Crippen molar-refractivity contribution in [3.05, 3.63) is 0 Å². The molecular formula is C14H31NO2. The van der Waals surface area contributed by atoms with Crippen LogP contribution in [0, 0.1) is 11.3 Å². The van der Waals surface area contributed by atoms with Crippen molar-refractivity contribution in [1.29, 1.82) is 0 Å². The molecule has 0 aromatic carbocycles. The van der Waals surface area contributed by atoms with E-state index in [0.29, 0.717) is 12.5 Å². The van der Waals surface area contributed by atoms with Crippen molar-refractivity contribution in [1.82, 2.24) is 5.32 Å². The summed E-state index contributed by atoms with van der Waals surface area (Å²) in [6.07, 6.45) is 0.749. The van der Waals surface area contributed by atoms with Crippen LogP contribution < -0.4 is 5.32 Å². The Balaban J connectivity index is 3.59. The summed E-state index contributed by atoms with van der Waals surface area (Å²) in [6.45, 7) is 15.7. The SMILES string of the molecule is CC(C)CNCCOCC(C)(C)CC(C)(C)O. The zero-order chi connectivity index (χ0) is 13.5. The molecule has 0 unspecified atom stereocenters. The minimum absolute atomic E-state index is 0.0241. The second-order valence-electron chi connectivity index (χ2n) is 6.80. The van der Waals surface area contributed by atoms with Gasteiger partial charge in [-0.3, -0.25) is 0 Å². The van der Waals surface area contributed by atoms with Gasteiger partial charge in [0.15, 0.2) is 0 Å². The zero-order valence-electron chi connectivity index (χ0n) is 12.5. The van der Waals surface area contributed by atoms with E-state index in [0.717, 1.165) is 26.1 Å². The van der Waals surface area contributed by atoms with Gasteiger partial charge >= 0.3 is 0 Å². The summed E-state index contributed by atoms with van der Waals surface area (Å²) in [6, 6.07) is 0. The number of rotatable bonds is 9. The molecule has 0 bridgehead atoms. The molecule has 0 aliphatic carbocycles. The van der Waals surface area contributed by atoms with Crippen molar-refractivity contribution in [3.8, 4) is 0 Å². The predicted molar refractivity (Wildman–Crippen MR) is 73.2 cm³/mol. The normalized spacial score (nSPS) is 13.4. The Labute approximate surface area is 107 Å². The third-order valence-electron chi connectivity index (χ3n) is 2.38. The van der Waals surface area contributed by atoms with E-state index < -0.39 is 5.60 Å². The number of hydrogen-bond acceptors (Lipinski definition) is 3. The maximum atomic E-state index is 9.79. The van der Waals surface area contributed by atoms with Crippen LogP contribution in [-0.4, -0.2) is 37.0 Å². The Morgan fingerprint density at radius 1 is 1.18 bits per heavy atom. The minimum Gasteiger partial charge on any atom is -0.390 e. The van der Waals surface area contributed by atoms with Crippen LogP contribution in [0.5, 0.6) is 0 Å². The molecule has 3 nitrogen and oxygen atoms in total. The van der Waals surface area contributed by atoms with Crippen molar-refractivity contribution in [2.24, 2.45) is 11.3 Å². The maximum absolute atomic E-state index is 9.79. The molecule has 0 rings (SSSR count). The van der Waals surface area contributed by atoms with Gasteiger partial charge in [0, 0.05) is 6.54 Å². The monoisotopic (exact) mass is 245 g/mol. The van der Waals surface area contributed by atoms with E-state index in [1.165, 1.54) is 0 Å². The lowest BCUT2D eigenvalue weighted by atomic mass is 9.82. The molecule has 0 aliphatic rings. The summed E-state index contributed by atoms with van der Waals surface area (Å²) >= 11 is 0. The predicted octanol–water partition coefficient (Wildman–Crippen LogP) is 2.44. The first kappa shape index (κ1) is 16.9. The molecule has 0 atom stereocenters. The van der Waals surface area contributed by atoms with Gasteiger partial charge in [-0.05, 0) is 38.1 Å². The fraction of sp³-hybridized carbons (Fsp3) is 1.00. The van der Waals surface area contributed by atoms with Gasteiger partial charge in [-0.1, -0.05) is 27.7 Å². The van der Waals surface area contributed by atoms with Gasteiger partial charge < -0.3 is 15.2 Å². The highest BCUT2D eigenvalue weighted by atomic mass is 16.5. The smallest absolute Gasteiger partial charge is 0.0597 e. The number of hydrogen-bond donors (Lipinski definition) is 2. The van der Waals surface area contributed by atoms with Gasteiger partial charge in [-0.2, -0.15) is 0 Å². The van der Waals surface area contributed by atoms with E-state index in [4.69, 9.17) is 4.74 Å². The summed E-state index contributed by atoms with van der Waals surface area (Å²) in [4.78, 5) is 0. The molecule has 0 radical (unpaired) electrons. The standard InChI is InChI=1S/C14H31NO2/c1-12(2)9-15-7-8-17-11-13(3,4)10-14(5,6)16/h12,15-16H,7-11H2,1-6H3. The zero-order valence-corrected chi connectivity index (χ0v) is 12.5. The Kier molecular flexibility index (Phi) is 7.29. The van der Waals surface area contributed by atoms with Crippen LogP contribution >= 0.6 is 0 Å². The van der Waals surface area contributed by atoms with Gasteiger partial charge in [0.25, 0.3) is 0 Å². The van der Waals surface area contributed by atoms with Crippen LogP contribution in [0.25, 0.3) is 0 Å². The summed E-state index contributed by atoms with van der Waals surface area (Å²) in [7, 11) is 0.